The molecule has 0 heterocycles. The van der Waals surface area contributed by atoms with E-state index in [9.17, 15) is 17.9 Å². The maximum absolute atomic E-state index is 13.8. The molecular weight excluding hydrogens is 345 g/mol. The molecule has 0 fully saturated rings. The van der Waals surface area contributed by atoms with Crippen LogP contribution in [0.15, 0.2) is 18.2 Å². The van der Waals surface area contributed by atoms with Gasteiger partial charge in [0.2, 0.25) is 10.0 Å². The van der Waals surface area contributed by atoms with Crippen molar-refractivity contribution < 1.29 is 22.7 Å². The van der Waals surface area contributed by atoms with Gasteiger partial charge in [-0.25, -0.2) is 17.5 Å². The highest BCUT2D eigenvalue weighted by Gasteiger charge is 2.19. The standard InChI is InChI=1S/C18H30FNO4S/c1-5-6-7-8-11-25(22,23)20-14(2)15-9-10-16(19)17(12-15)24-13-18(3,4)21/h9-10,12,14,20-21H,5-8,11,13H2,1-4H3/t14-/m1/s1. The van der Waals surface area contributed by atoms with Gasteiger partial charge in [0.1, 0.15) is 6.61 Å². The number of hydrogen-bond donors (Lipinski definition) is 2. The zero-order chi connectivity index (χ0) is 19.1. The summed E-state index contributed by atoms with van der Waals surface area (Å²) < 4.78 is 46.0. The van der Waals surface area contributed by atoms with Crippen molar-refractivity contribution in [3.05, 3.63) is 29.6 Å². The summed E-state index contributed by atoms with van der Waals surface area (Å²) in [6.07, 6.45) is 3.58. The van der Waals surface area contributed by atoms with Crippen molar-refractivity contribution >= 4 is 10.0 Å². The fourth-order valence-corrected chi connectivity index (χ4v) is 3.65. The number of sulfonamides is 1. The minimum absolute atomic E-state index is 0.00591. The molecule has 25 heavy (non-hydrogen) atoms. The molecule has 5 nitrogen and oxygen atoms in total. The Hall–Kier alpha value is -1.18. The van der Waals surface area contributed by atoms with E-state index in [1.807, 2.05) is 0 Å². The summed E-state index contributed by atoms with van der Waals surface area (Å²) >= 11 is 0. The van der Waals surface area contributed by atoms with E-state index in [4.69, 9.17) is 4.74 Å². The van der Waals surface area contributed by atoms with E-state index >= 15 is 0 Å². The van der Waals surface area contributed by atoms with Crippen LogP contribution >= 0.6 is 0 Å². The Kier molecular flexibility index (Phi) is 8.31. The molecule has 1 rings (SSSR count). The van der Waals surface area contributed by atoms with Crippen LogP contribution in [-0.2, 0) is 10.0 Å². The van der Waals surface area contributed by atoms with Crippen molar-refractivity contribution in [1.82, 2.24) is 4.72 Å². The van der Waals surface area contributed by atoms with Gasteiger partial charge in [0.05, 0.1) is 11.4 Å². The fourth-order valence-electron chi connectivity index (χ4n) is 2.27. The van der Waals surface area contributed by atoms with Crippen LogP contribution in [0.1, 0.15) is 65.0 Å². The lowest BCUT2D eigenvalue weighted by atomic mass is 10.1. The van der Waals surface area contributed by atoms with Crippen molar-refractivity contribution in [2.24, 2.45) is 0 Å². The fraction of sp³-hybridized carbons (Fsp3) is 0.667. The van der Waals surface area contributed by atoms with Crippen LogP contribution in [0, 0.1) is 5.82 Å². The third-order valence-electron chi connectivity index (χ3n) is 3.66. The molecule has 0 aliphatic heterocycles. The predicted molar refractivity (Wildman–Crippen MR) is 97.7 cm³/mol. The van der Waals surface area contributed by atoms with Crippen molar-refractivity contribution in [1.29, 1.82) is 0 Å². The normalized spacial score (nSPS) is 13.7. The minimum atomic E-state index is -3.39. The zero-order valence-corrected chi connectivity index (χ0v) is 16.3. The SMILES string of the molecule is CCCCCCS(=O)(=O)N[C@H](C)c1ccc(F)c(OCC(C)(C)O)c1. The zero-order valence-electron chi connectivity index (χ0n) is 15.5. The van der Waals surface area contributed by atoms with Crippen LogP contribution in [0.5, 0.6) is 5.75 Å². The molecule has 0 saturated carbocycles. The lowest BCUT2D eigenvalue weighted by Gasteiger charge is -2.20. The van der Waals surface area contributed by atoms with Crippen molar-refractivity contribution in [3.8, 4) is 5.75 Å². The maximum Gasteiger partial charge on any atom is 0.212 e. The summed E-state index contributed by atoms with van der Waals surface area (Å²) in [6, 6.07) is 3.73. The third kappa shape index (κ3) is 8.65. The highest BCUT2D eigenvalue weighted by Crippen LogP contribution is 2.24. The van der Waals surface area contributed by atoms with Crippen LogP contribution < -0.4 is 9.46 Å². The number of rotatable bonds is 11. The summed E-state index contributed by atoms with van der Waals surface area (Å²) in [5.74, 6) is -0.475. The van der Waals surface area contributed by atoms with Gasteiger partial charge in [-0.3, -0.25) is 0 Å². The van der Waals surface area contributed by atoms with Crippen LogP contribution in [-0.4, -0.2) is 31.5 Å². The number of halogens is 1. The van der Waals surface area contributed by atoms with Crippen LogP contribution in [0.3, 0.4) is 0 Å². The van der Waals surface area contributed by atoms with Gasteiger partial charge in [-0.05, 0) is 44.9 Å². The molecule has 0 aliphatic rings. The predicted octanol–water partition coefficient (Wildman–Crippen LogP) is 3.54. The summed E-state index contributed by atoms with van der Waals surface area (Å²) in [4.78, 5) is 0. The van der Waals surface area contributed by atoms with Gasteiger partial charge in [-0.15, -0.1) is 0 Å². The molecule has 0 aromatic heterocycles. The second kappa shape index (κ2) is 9.50. The van der Waals surface area contributed by atoms with Gasteiger partial charge < -0.3 is 9.84 Å². The largest absolute Gasteiger partial charge is 0.488 e. The van der Waals surface area contributed by atoms with Gasteiger partial charge in [0, 0.05) is 6.04 Å². The van der Waals surface area contributed by atoms with Crippen molar-refractivity contribution in [3.63, 3.8) is 0 Å². The Labute approximate surface area is 150 Å². The Morgan fingerprint density at radius 1 is 1.28 bits per heavy atom. The Bertz CT molecular complexity index is 641. The molecule has 0 amide bonds. The summed E-state index contributed by atoms with van der Waals surface area (Å²) in [5.41, 5.74) is -0.488. The Morgan fingerprint density at radius 3 is 2.56 bits per heavy atom. The monoisotopic (exact) mass is 375 g/mol. The van der Waals surface area contributed by atoms with E-state index in [0.29, 0.717) is 12.0 Å². The van der Waals surface area contributed by atoms with Crippen LogP contribution in [0.25, 0.3) is 0 Å². The molecule has 2 N–H and O–H groups in total. The summed E-state index contributed by atoms with van der Waals surface area (Å²) in [6.45, 7) is 6.83. The maximum atomic E-state index is 13.8. The molecule has 1 aromatic rings. The lowest BCUT2D eigenvalue weighted by molar-refractivity contribution is 0.0271. The highest BCUT2D eigenvalue weighted by molar-refractivity contribution is 7.89. The number of ether oxygens (including phenoxy) is 1. The molecule has 1 aromatic carbocycles. The van der Waals surface area contributed by atoms with E-state index in [-0.39, 0.29) is 18.1 Å². The molecule has 144 valence electrons. The van der Waals surface area contributed by atoms with Crippen LogP contribution in [0.4, 0.5) is 4.39 Å². The first-order valence-corrected chi connectivity index (χ1v) is 10.3. The van der Waals surface area contributed by atoms with E-state index in [1.165, 1.54) is 18.2 Å². The van der Waals surface area contributed by atoms with Crippen molar-refractivity contribution in [2.75, 3.05) is 12.4 Å². The molecule has 0 bridgehead atoms. The quantitative estimate of drug-likeness (QED) is 0.580. The highest BCUT2D eigenvalue weighted by atomic mass is 32.2. The molecule has 0 saturated heterocycles. The third-order valence-corrected chi connectivity index (χ3v) is 5.20. The number of benzene rings is 1. The molecule has 0 aliphatic carbocycles. The summed E-state index contributed by atoms with van der Waals surface area (Å²) in [5, 5.41) is 9.68. The van der Waals surface area contributed by atoms with Crippen molar-refractivity contribution in [2.45, 2.75) is 65.0 Å². The molecular formula is C18H30FNO4S. The number of nitrogens with one attached hydrogen (secondary N) is 1. The van der Waals surface area contributed by atoms with E-state index in [2.05, 4.69) is 11.6 Å². The molecule has 0 radical (unpaired) electrons. The summed E-state index contributed by atoms with van der Waals surface area (Å²) in [7, 11) is -3.39. The number of aliphatic hydroxyl groups is 1. The number of hydrogen-bond acceptors (Lipinski definition) is 4. The Morgan fingerprint density at radius 2 is 1.96 bits per heavy atom. The second-order valence-electron chi connectivity index (χ2n) is 7.01. The Balaban J connectivity index is 2.73. The average molecular weight is 376 g/mol. The topological polar surface area (TPSA) is 75.6 Å². The first-order valence-electron chi connectivity index (χ1n) is 8.68. The molecule has 1 atom stereocenters. The minimum Gasteiger partial charge on any atom is -0.488 e. The number of unbranched alkanes of at least 4 members (excludes halogenated alkanes) is 3. The first kappa shape index (κ1) is 21.9. The van der Waals surface area contributed by atoms with E-state index < -0.39 is 27.5 Å². The lowest BCUT2D eigenvalue weighted by Crippen LogP contribution is -2.29. The van der Waals surface area contributed by atoms with Gasteiger partial charge in [-0.1, -0.05) is 32.3 Å². The van der Waals surface area contributed by atoms with Crippen LogP contribution in [0.2, 0.25) is 0 Å². The second-order valence-corrected chi connectivity index (χ2v) is 8.88. The van der Waals surface area contributed by atoms with Gasteiger partial charge in [0.25, 0.3) is 0 Å². The van der Waals surface area contributed by atoms with Gasteiger partial charge >= 0.3 is 0 Å². The first-order chi connectivity index (χ1) is 11.5. The smallest absolute Gasteiger partial charge is 0.212 e. The van der Waals surface area contributed by atoms with E-state index in [1.54, 1.807) is 20.8 Å². The molecule has 0 unspecified atom stereocenters. The van der Waals surface area contributed by atoms with Gasteiger partial charge in [0.15, 0.2) is 11.6 Å². The van der Waals surface area contributed by atoms with Gasteiger partial charge in [-0.2, -0.15) is 0 Å². The van der Waals surface area contributed by atoms with E-state index in [0.717, 1.165) is 19.3 Å². The average Bonchev–Trinajstić information content (AvgIpc) is 2.49. The molecule has 7 heteroatoms. The molecule has 0 spiro atoms.